The lowest BCUT2D eigenvalue weighted by molar-refractivity contribution is -0.133. The number of amides is 2. The molecule has 1 N–H and O–H groups in total. The zero-order chi connectivity index (χ0) is 22.5. The van der Waals surface area contributed by atoms with Crippen molar-refractivity contribution in [1.82, 2.24) is 19.8 Å². The molecule has 2 amide bonds. The quantitative estimate of drug-likeness (QED) is 0.665. The van der Waals surface area contributed by atoms with Crippen LogP contribution in [0.5, 0.6) is 0 Å². The maximum atomic E-state index is 12.7. The Hall–Kier alpha value is -2.22. The van der Waals surface area contributed by atoms with Crippen molar-refractivity contribution in [3.63, 3.8) is 0 Å². The van der Waals surface area contributed by atoms with Gasteiger partial charge in [-0.25, -0.2) is 9.97 Å². The first-order valence-corrected chi connectivity index (χ1v) is 12.2. The summed E-state index contributed by atoms with van der Waals surface area (Å²) in [5.41, 5.74) is 0.937. The molecule has 0 aromatic carbocycles. The van der Waals surface area contributed by atoms with E-state index in [2.05, 4.69) is 5.32 Å². The Morgan fingerprint density at radius 3 is 2.59 bits per heavy atom. The van der Waals surface area contributed by atoms with Gasteiger partial charge in [0, 0.05) is 71.1 Å². The number of nitrogens with zero attached hydrogens (tertiary/aromatic N) is 4. The van der Waals surface area contributed by atoms with Crippen molar-refractivity contribution >= 4 is 17.6 Å². The SMILES string of the molecule is CNc1cc(C2CC(=O)N(CCOC)C2)nc(C2CCN(C(=O)CC3CCCC3)CC2)n1. The minimum atomic E-state index is 0.0845. The number of hydrogen-bond donors (Lipinski definition) is 1. The van der Waals surface area contributed by atoms with E-state index in [1.54, 1.807) is 7.11 Å². The van der Waals surface area contributed by atoms with E-state index >= 15 is 0 Å². The number of anilines is 1. The zero-order valence-electron chi connectivity index (χ0n) is 19.5. The number of carbonyl (C=O) groups excluding carboxylic acids is 2. The Bertz CT molecular complexity index is 803. The normalized spacial score (nSPS) is 22.7. The third-order valence-corrected chi connectivity index (χ3v) is 7.37. The summed E-state index contributed by atoms with van der Waals surface area (Å²) in [6, 6.07) is 1.97. The Morgan fingerprint density at radius 2 is 1.91 bits per heavy atom. The summed E-state index contributed by atoms with van der Waals surface area (Å²) in [7, 11) is 3.52. The van der Waals surface area contributed by atoms with Crippen LogP contribution in [-0.2, 0) is 14.3 Å². The van der Waals surface area contributed by atoms with Gasteiger partial charge in [-0.05, 0) is 31.6 Å². The van der Waals surface area contributed by atoms with Crippen molar-refractivity contribution in [2.24, 2.45) is 5.92 Å². The summed E-state index contributed by atoms with van der Waals surface area (Å²) in [4.78, 5) is 38.7. The number of likely N-dealkylation sites (tertiary alicyclic amines) is 2. The monoisotopic (exact) mass is 443 g/mol. The topological polar surface area (TPSA) is 87.7 Å². The largest absolute Gasteiger partial charge is 0.383 e. The summed E-state index contributed by atoms with van der Waals surface area (Å²) < 4.78 is 5.13. The standard InChI is InChI=1S/C24H37N5O3/c1-25-21-15-20(19-14-23(31)29(16-19)11-12-32-2)26-24(27-21)18-7-9-28(10-8-18)22(30)13-17-5-3-4-6-17/h15,17-19H,3-14,16H2,1-2H3,(H,25,26,27). The van der Waals surface area contributed by atoms with Crippen LogP contribution in [0.1, 0.15) is 74.7 Å². The van der Waals surface area contributed by atoms with Gasteiger partial charge in [-0.1, -0.05) is 12.8 Å². The van der Waals surface area contributed by atoms with Gasteiger partial charge in [-0.3, -0.25) is 9.59 Å². The molecule has 1 atom stereocenters. The molecular weight excluding hydrogens is 406 g/mol. The van der Waals surface area contributed by atoms with Crippen LogP contribution in [0.2, 0.25) is 0 Å². The van der Waals surface area contributed by atoms with Crippen molar-refractivity contribution in [2.45, 2.75) is 63.2 Å². The molecular formula is C24H37N5O3. The summed E-state index contributed by atoms with van der Waals surface area (Å²) >= 11 is 0. The number of carbonyl (C=O) groups is 2. The van der Waals surface area contributed by atoms with E-state index in [1.165, 1.54) is 25.7 Å². The Balaban J connectivity index is 1.39. The summed E-state index contributed by atoms with van der Waals surface area (Å²) in [5, 5.41) is 3.16. The molecule has 0 bridgehead atoms. The second-order valence-electron chi connectivity index (χ2n) is 9.53. The number of rotatable bonds is 8. The fourth-order valence-corrected chi connectivity index (χ4v) is 5.37. The molecule has 8 heteroatoms. The average Bonchev–Trinajstić information content (AvgIpc) is 3.47. The molecule has 1 saturated carbocycles. The molecule has 1 aromatic heterocycles. The first kappa shape index (κ1) is 23.0. The van der Waals surface area contributed by atoms with Gasteiger partial charge in [0.25, 0.3) is 0 Å². The van der Waals surface area contributed by atoms with Crippen molar-refractivity contribution in [2.75, 3.05) is 52.3 Å². The number of aromatic nitrogens is 2. The van der Waals surface area contributed by atoms with E-state index in [0.29, 0.717) is 37.9 Å². The molecule has 1 unspecified atom stereocenters. The van der Waals surface area contributed by atoms with E-state index in [0.717, 1.165) is 49.7 Å². The summed E-state index contributed by atoms with van der Waals surface area (Å²) in [6.45, 7) is 3.41. The van der Waals surface area contributed by atoms with Crippen LogP contribution in [-0.4, -0.2) is 78.5 Å². The molecule has 1 aliphatic carbocycles. The van der Waals surface area contributed by atoms with Gasteiger partial charge < -0.3 is 19.9 Å². The van der Waals surface area contributed by atoms with Gasteiger partial charge in [0.15, 0.2) is 0 Å². The summed E-state index contributed by atoms with van der Waals surface area (Å²) in [6.07, 6.45) is 7.97. The third-order valence-electron chi connectivity index (χ3n) is 7.37. The molecule has 0 radical (unpaired) electrons. The lowest BCUT2D eigenvalue weighted by Crippen LogP contribution is -2.38. The second kappa shape index (κ2) is 10.6. The molecule has 4 rings (SSSR count). The van der Waals surface area contributed by atoms with Crippen LogP contribution in [0.15, 0.2) is 6.07 Å². The van der Waals surface area contributed by atoms with Crippen LogP contribution in [0.4, 0.5) is 5.82 Å². The maximum Gasteiger partial charge on any atom is 0.223 e. The van der Waals surface area contributed by atoms with Crippen LogP contribution in [0, 0.1) is 5.92 Å². The van der Waals surface area contributed by atoms with Gasteiger partial charge in [-0.15, -0.1) is 0 Å². The summed E-state index contributed by atoms with van der Waals surface area (Å²) in [5.74, 6) is 3.05. The Labute approximate surface area is 191 Å². The molecule has 3 aliphatic rings. The number of methoxy groups -OCH3 is 1. The highest BCUT2D eigenvalue weighted by molar-refractivity contribution is 5.79. The number of piperidine rings is 1. The fraction of sp³-hybridized carbons (Fsp3) is 0.750. The zero-order valence-corrected chi connectivity index (χ0v) is 19.5. The van der Waals surface area contributed by atoms with E-state index < -0.39 is 0 Å². The van der Waals surface area contributed by atoms with E-state index in [4.69, 9.17) is 14.7 Å². The average molecular weight is 444 g/mol. The van der Waals surface area contributed by atoms with Crippen LogP contribution < -0.4 is 5.32 Å². The molecule has 32 heavy (non-hydrogen) atoms. The molecule has 3 heterocycles. The second-order valence-corrected chi connectivity index (χ2v) is 9.53. The van der Waals surface area contributed by atoms with Gasteiger partial charge in [0.1, 0.15) is 11.6 Å². The smallest absolute Gasteiger partial charge is 0.223 e. The van der Waals surface area contributed by atoms with Crippen molar-refractivity contribution in [1.29, 1.82) is 0 Å². The first-order valence-electron chi connectivity index (χ1n) is 12.2. The maximum absolute atomic E-state index is 12.7. The Morgan fingerprint density at radius 1 is 1.16 bits per heavy atom. The Kier molecular flexibility index (Phi) is 7.60. The molecule has 1 aromatic rings. The lowest BCUT2D eigenvalue weighted by Gasteiger charge is -2.32. The molecule has 3 fully saturated rings. The van der Waals surface area contributed by atoms with Crippen molar-refractivity contribution < 1.29 is 14.3 Å². The molecule has 0 spiro atoms. The van der Waals surface area contributed by atoms with E-state index in [-0.39, 0.29) is 17.7 Å². The minimum Gasteiger partial charge on any atom is -0.383 e. The molecule has 8 nitrogen and oxygen atoms in total. The minimum absolute atomic E-state index is 0.0845. The van der Waals surface area contributed by atoms with E-state index in [1.807, 2.05) is 22.9 Å². The van der Waals surface area contributed by atoms with Gasteiger partial charge >= 0.3 is 0 Å². The highest BCUT2D eigenvalue weighted by atomic mass is 16.5. The van der Waals surface area contributed by atoms with Crippen molar-refractivity contribution in [3.05, 3.63) is 17.6 Å². The highest BCUT2D eigenvalue weighted by Gasteiger charge is 2.33. The predicted molar refractivity (Wildman–Crippen MR) is 123 cm³/mol. The van der Waals surface area contributed by atoms with Crippen molar-refractivity contribution in [3.8, 4) is 0 Å². The third kappa shape index (κ3) is 5.39. The molecule has 176 valence electrons. The number of nitrogens with one attached hydrogen (secondary N) is 1. The number of ether oxygens (including phenoxy) is 1. The van der Waals surface area contributed by atoms with Crippen LogP contribution in [0.25, 0.3) is 0 Å². The van der Waals surface area contributed by atoms with Crippen LogP contribution in [0.3, 0.4) is 0 Å². The van der Waals surface area contributed by atoms with Gasteiger partial charge in [-0.2, -0.15) is 0 Å². The molecule has 2 aliphatic heterocycles. The van der Waals surface area contributed by atoms with Crippen LogP contribution >= 0.6 is 0 Å². The van der Waals surface area contributed by atoms with Gasteiger partial charge in [0.05, 0.1) is 12.3 Å². The van der Waals surface area contributed by atoms with Gasteiger partial charge in [0.2, 0.25) is 11.8 Å². The van der Waals surface area contributed by atoms with E-state index in [9.17, 15) is 9.59 Å². The predicted octanol–water partition coefficient (Wildman–Crippen LogP) is 2.77. The first-order chi connectivity index (χ1) is 15.6. The highest BCUT2D eigenvalue weighted by Crippen LogP contribution is 2.33. The lowest BCUT2D eigenvalue weighted by atomic mass is 9.94. The fourth-order valence-electron chi connectivity index (χ4n) is 5.37. The molecule has 2 saturated heterocycles. The number of hydrogen-bond acceptors (Lipinski definition) is 6.